The number of benzene rings is 1. The van der Waals surface area contributed by atoms with Gasteiger partial charge in [-0.1, -0.05) is 12.1 Å². The number of halogens is 1. The predicted octanol–water partition coefficient (Wildman–Crippen LogP) is 2.31. The lowest BCUT2D eigenvalue weighted by molar-refractivity contribution is -0.135. The topological polar surface area (TPSA) is 42.0 Å². The van der Waals surface area contributed by atoms with Gasteiger partial charge < -0.3 is 19.3 Å². The van der Waals surface area contributed by atoms with Crippen LogP contribution in [0.5, 0.6) is 5.75 Å². The van der Waals surface area contributed by atoms with Gasteiger partial charge in [-0.05, 0) is 37.8 Å². The van der Waals surface area contributed by atoms with E-state index >= 15 is 0 Å². The Hall–Kier alpha value is -1.66. The molecule has 0 saturated carbocycles. The lowest BCUT2D eigenvalue weighted by atomic mass is 9.99. The molecule has 6 heteroatoms. The van der Waals surface area contributed by atoms with Crippen molar-refractivity contribution >= 4 is 5.91 Å². The summed E-state index contributed by atoms with van der Waals surface area (Å²) < 4.78 is 24.3. The van der Waals surface area contributed by atoms with E-state index in [-0.39, 0.29) is 18.3 Å². The van der Waals surface area contributed by atoms with E-state index in [4.69, 9.17) is 9.47 Å². The van der Waals surface area contributed by atoms with Gasteiger partial charge in [-0.15, -0.1) is 0 Å². The Balaban J connectivity index is 1.41. The largest absolute Gasteiger partial charge is 0.481 e. The minimum absolute atomic E-state index is 0.0696. The minimum Gasteiger partial charge on any atom is -0.481 e. The van der Waals surface area contributed by atoms with E-state index in [1.807, 2.05) is 4.90 Å². The van der Waals surface area contributed by atoms with Crippen molar-refractivity contribution in [2.45, 2.75) is 37.8 Å². The normalized spacial score (nSPS) is 20.6. The van der Waals surface area contributed by atoms with Gasteiger partial charge in [0, 0.05) is 39.3 Å². The number of piperidine rings is 2. The summed E-state index contributed by atoms with van der Waals surface area (Å²) in [7, 11) is 1.79. The first kappa shape index (κ1) is 18.1. The first-order valence-corrected chi connectivity index (χ1v) is 9.09. The highest BCUT2D eigenvalue weighted by molar-refractivity contribution is 5.77. The zero-order chi connectivity index (χ0) is 17.6. The molecule has 2 aliphatic rings. The van der Waals surface area contributed by atoms with Crippen LogP contribution in [0, 0.1) is 5.82 Å². The van der Waals surface area contributed by atoms with E-state index in [1.165, 1.54) is 6.07 Å². The molecule has 3 rings (SSSR count). The Bertz CT molecular complexity index is 568. The van der Waals surface area contributed by atoms with E-state index in [0.717, 1.165) is 51.9 Å². The van der Waals surface area contributed by atoms with Gasteiger partial charge in [0.1, 0.15) is 0 Å². The predicted molar refractivity (Wildman–Crippen MR) is 93.1 cm³/mol. The second kappa shape index (κ2) is 8.63. The molecule has 0 bridgehead atoms. The van der Waals surface area contributed by atoms with Crippen LogP contribution in [0.3, 0.4) is 0 Å². The molecule has 0 unspecified atom stereocenters. The molecule has 138 valence electrons. The third-order valence-corrected chi connectivity index (χ3v) is 5.33. The molecule has 0 aliphatic carbocycles. The highest BCUT2D eigenvalue weighted by atomic mass is 19.1. The quantitative estimate of drug-likeness (QED) is 0.817. The van der Waals surface area contributed by atoms with Crippen LogP contribution in [-0.2, 0) is 9.53 Å². The number of hydrogen-bond donors (Lipinski definition) is 0. The van der Waals surface area contributed by atoms with E-state index in [9.17, 15) is 9.18 Å². The van der Waals surface area contributed by atoms with Gasteiger partial charge in [-0.2, -0.15) is 0 Å². The molecule has 1 aromatic rings. The van der Waals surface area contributed by atoms with E-state index in [2.05, 4.69) is 4.90 Å². The van der Waals surface area contributed by atoms with Crippen LogP contribution in [0.2, 0.25) is 0 Å². The average Bonchev–Trinajstić information content (AvgIpc) is 2.67. The van der Waals surface area contributed by atoms with Crippen LogP contribution >= 0.6 is 0 Å². The van der Waals surface area contributed by atoms with Crippen molar-refractivity contribution in [3.05, 3.63) is 30.1 Å². The van der Waals surface area contributed by atoms with E-state index < -0.39 is 5.82 Å². The van der Waals surface area contributed by atoms with Crippen molar-refractivity contribution in [2.24, 2.45) is 0 Å². The summed E-state index contributed by atoms with van der Waals surface area (Å²) in [5.74, 6) is -0.375. The first-order chi connectivity index (χ1) is 12.2. The van der Waals surface area contributed by atoms with Gasteiger partial charge in [0.15, 0.2) is 18.2 Å². The molecule has 0 aromatic heterocycles. The summed E-state index contributed by atoms with van der Waals surface area (Å²) >= 11 is 0. The molecule has 5 nitrogen and oxygen atoms in total. The molecule has 0 N–H and O–H groups in total. The fraction of sp³-hybridized carbons (Fsp3) is 0.632. The summed E-state index contributed by atoms with van der Waals surface area (Å²) in [4.78, 5) is 16.7. The monoisotopic (exact) mass is 350 g/mol. The number of carbonyl (C=O) groups is 1. The smallest absolute Gasteiger partial charge is 0.260 e. The molecule has 25 heavy (non-hydrogen) atoms. The average molecular weight is 350 g/mol. The number of para-hydroxylation sites is 1. The lowest BCUT2D eigenvalue weighted by Crippen LogP contribution is -2.50. The molecule has 0 spiro atoms. The maximum Gasteiger partial charge on any atom is 0.260 e. The molecule has 2 fully saturated rings. The third kappa shape index (κ3) is 4.70. The first-order valence-electron chi connectivity index (χ1n) is 9.09. The minimum atomic E-state index is -0.437. The number of likely N-dealkylation sites (tertiary alicyclic amines) is 2. The third-order valence-electron chi connectivity index (χ3n) is 5.33. The Morgan fingerprint density at radius 3 is 2.44 bits per heavy atom. The number of rotatable bonds is 5. The summed E-state index contributed by atoms with van der Waals surface area (Å²) in [5, 5.41) is 0. The molecule has 0 radical (unpaired) electrons. The molecule has 0 atom stereocenters. The standard InChI is InChI=1S/C19H27FN2O3/c1-24-16-8-12-21(13-9-16)15-6-10-22(11-7-15)19(23)14-25-18-5-3-2-4-17(18)20/h2-5,15-16H,6-14H2,1H3. The van der Waals surface area contributed by atoms with E-state index in [1.54, 1.807) is 25.3 Å². The Morgan fingerprint density at radius 1 is 1.12 bits per heavy atom. The molecule has 2 saturated heterocycles. The van der Waals surface area contributed by atoms with Gasteiger partial charge in [-0.25, -0.2) is 4.39 Å². The summed E-state index contributed by atoms with van der Waals surface area (Å²) in [6, 6.07) is 6.72. The van der Waals surface area contributed by atoms with E-state index in [0.29, 0.717) is 12.1 Å². The van der Waals surface area contributed by atoms with Crippen LogP contribution in [0.15, 0.2) is 24.3 Å². The highest BCUT2D eigenvalue weighted by Gasteiger charge is 2.29. The fourth-order valence-electron chi connectivity index (χ4n) is 3.75. The molecule has 2 aliphatic heterocycles. The Morgan fingerprint density at radius 2 is 1.80 bits per heavy atom. The molecule has 2 heterocycles. The van der Waals surface area contributed by atoms with Crippen LogP contribution in [0.1, 0.15) is 25.7 Å². The summed E-state index contributed by atoms with van der Waals surface area (Å²) in [6.07, 6.45) is 4.55. The van der Waals surface area contributed by atoms with Gasteiger partial charge >= 0.3 is 0 Å². The van der Waals surface area contributed by atoms with Gasteiger partial charge in [0.05, 0.1) is 6.10 Å². The summed E-state index contributed by atoms with van der Waals surface area (Å²) in [5.41, 5.74) is 0. The van der Waals surface area contributed by atoms with Crippen LogP contribution < -0.4 is 4.74 Å². The van der Waals surface area contributed by atoms with Crippen molar-refractivity contribution in [1.29, 1.82) is 0 Å². The molecule has 1 aromatic carbocycles. The number of nitrogens with zero attached hydrogens (tertiary/aromatic N) is 2. The molecular formula is C19H27FN2O3. The Kier molecular flexibility index (Phi) is 6.26. The maximum atomic E-state index is 13.5. The van der Waals surface area contributed by atoms with Crippen molar-refractivity contribution in [3.63, 3.8) is 0 Å². The second-order valence-electron chi connectivity index (χ2n) is 6.80. The zero-order valence-corrected chi connectivity index (χ0v) is 14.8. The maximum absolute atomic E-state index is 13.5. The number of ether oxygens (including phenoxy) is 2. The van der Waals surface area contributed by atoms with Gasteiger partial charge in [-0.3, -0.25) is 4.79 Å². The van der Waals surface area contributed by atoms with Crippen molar-refractivity contribution in [1.82, 2.24) is 9.80 Å². The highest BCUT2D eigenvalue weighted by Crippen LogP contribution is 2.22. The van der Waals surface area contributed by atoms with Crippen molar-refractivity contribution in [3.8, 4) is 5.75 Å². The number of amides is 1. The summed E-state index contributed by atoms with van der Waals surface area (Å²) in [6.45, 7) is 3.54. The van der Waals surface area contributed by atoms with Crippen LogP contribution in [0.4, 0.5) is 4.39 Å². The zero-order valence-electron chi connectivity index (χ0n) is 14.8. The number of carbonyl (C=O) groups excluding carboxylic acids is 1. The van der Waals surface area contributed by atoms with Crippen LogP contribution in [0.25, 0.3) is 0 Å². The van der Waals surface area contributed by atoms with Crippen LogP contribution in [-0.4, -0.2) is 67.7 Å². The second-order valence-corrected chi connectivity index (χ2v) is 6.80. The van der Waals surface area contributed by atoms with Gasteiger partial charge in [0.2, 0.25) is 0 Å². The van der Waals surface area contributed by atoms with Gasteiger partial charge in [0.25, 0.3) is 5.91 Å². The van der Waals surface area contributed by atoms with Crippen molar-refractivity contribution in [2.75, 3.05) is 39.9 Å². The fourth-order valence-corrected chi connectivity index (χ4v) is 3.75. The lowest BCUT2D eigenvalue weighted by Gasteiger charge is -2.41. The number of methoxy groups -OCH3 is 1. The van der Waals surface area contributed by atoms with Crippen molar-refractivity contribution < 1.29 is 18.7 Å². The molecule has 1 amide bonds. The molecular weight excluding hydrogens is 323 g/mol. The number of hydrogen-bond acceptors (Lipinski definition) is 4. The SMILES string of the molecule is COC1CCN(C2CCN(C(=O)COc3ccccc3F)CC2)CC1. The Labute approximate surface area is 148 Å².